The highest BCUT2D eigenvalue weighted by atomic mass is 79.9. The van der Waals surface area contributed by atoms with Crippen molar-refractivity contribution in [1.29, 1.82) is 0 Å². The molecule has 2 heterocycles. The maximum absolute atomic E-state index is 4.72. The highest BCUT2D eigenvalue weighted by molar-refractivity contribution is 9.10. The van der Waals surface area contributed by atoms with Gasteiger partial charge in [-0.05, 0) is 48.2 Å². The van der Waals surface area contributed by atoms with Crippen LogP contribution in [0.3, 0.4) is 0 Å². The molecule has 0 atom stereocenters. The van der Waals surface area contributed by atoms with E-state index in [0.29, 0.717) is 0 Å². The Kier molecular flexibility index (Phi) is 3.35. The molecule has 0 aliphatic heterocycles. The number of fused-ring (bicyclic) bond motifs is 1. The minimum Gasteiger partial charge on any atom is -0.370 e. The van der Waals surface area contributed by atoms with Crippen molar-refractivity contribution in [2.24, 2.45) is 0 Å². The molecular formula is C13H14BrN3S. The highest BCUT2D eigenvalue weighted by Crippen LogP contribution is 2.32. The third-order valence-corrected chi connectivity index (χ3v) is 4.75. The van der Waals surface area contributed by atoms with Crippen molar-refractivity contribution in [3.8, 4) is 10.7 Å². The Bertz CT molecular complexity index is 580. The highest BCUT2D eigenvalue weighted by Gasteiger charge is 2.19. The van der Waals surface area contributed by atoms with Crippen molar-refractivity contribution in [3.05, 3.63) is 27.2 Å². The van der Waals surface area contributed by atoms with Gasteiger partial charge < -0.3 is 5.32 Å². The van der Waals surface area contributed by atoms with Gasteiger partial charge in [-0.25, -0.2) is 9.97 Å². The molecule has 3 nitrogen and oxygen atoms in total. The second kappa shape index (κ2) is 4.97. The van der Waals surface area contributed by atoms with Crippen molar-refractivity contribution < 1.29 is 0 Å². The third kappa shape index (κ3) is 2.17. The van der Waals surface area contributed by atoms with E-state index >= 15 is 0 Å². The van der Waals surface area contributed by atoms with Gasteiger partial charge in [0.15, 0.2) is 5.82 Å². The molecule has 1 N–H and O–H groups in total. The van der Waals surface area contributed by atoms with Crippen LogP contribution in [0.4, 0.5) is 5.82 Å². The molecule has 18 heavy (non-hydrogen) atoms. The first-order valence-corrected chi connectivity index (χ1v) is 7.83. The Morgan fingerprint density at radius 2 is 2.28 bits per heavy atom. The van der Waals surface area contributed by atoms with E-state index in [-0.39, 0.29) is 0 Å². The fraction of sp³-hybridized carbons (Fsp3) is 0.385. The van der Waals surface area contributed by atoms with E-state index in [1.165, 1.54) is 17.7 Å². The first kappa shape index (κ1) is 12.1. The van der Waals surface area contributed by atoms with Gasteiger partial charge in [0.2, 0.25) is 0 Å². The zero-order valence-corrected chi connectivity index (χ0v) is 12.6. The Labute approximate surface area is 119 Å². The molecule has 0 saturated carbocycles. The van der Waals surface area contributed by atoms with Crippen LogP contribution in [0.25, 0.3) is 10.7 Å². The van der Waals surface area contributed by atoms with E-state index < -0.39 is 0 Å². The summed E-state index contributed by atoms with van der Waals surface area (Å²) in [5, 5.41) is 5.43. The van der Waals surface area contributed by atoms with E-state index in [0.717, 1.165) is 40.4 Å². The molecule has 1 aliphatic rings. The largest absolute Gasteiger partial charge is 0.370 e. The average molecular weight is 324 g/mol. The Balaban J connectivity index is 2.08. The third-order valence-electron chi connectivity index (χ3n) is 3.07. The number of rotatable bonds is 3. The van der Waals surface area contributed by atoms with Crippen LogP contribution in [0.15, 0.2) is 15.9 Å². The van der Waals surface area contributed by atoms with Gasteiger partial charge in [-0.15, -0.1) is 11.3 Å². The summed E-state index contributed by atoms with van der Waals surface area (Å²) in [6.45, 7) is 3.00. The molecule has 2 aromatic heterocycles. The molecule has 0 radical (unpaired) electrons. The average Bonchev–Trinajstić information content (AvgIpc) is 2.97. The van der Waals surface area contributed by atoms with E-state index in [1.54, 1.807) is 11.3 Å². The zero-order chi connectivity index (χ0) is 12.5. The second-order valence-electron chi connectivity index (χ2n) is 4.33. The summed E-state index contributed by atoms with van der Waals surface area (Å²) >= 11 is 5.16. The van der Waals surface area contributed by atoms with E-state index in [9.17, 15) is 0 Å². The molecular weight excluding hydrogens is 310 g/mol. The first-order chi connectivity index (χ1) is 8.78. The van der Waals surface area contributed by atoms with Gasteiger partial charge in [-0.1, -0.05) is 0 Å². The van der Waals surface area contributed by atoms with Crippen molar-refractivity contribution in [2.75, 3.05) is 11.9 Å². The number of nitrogens with one attached hydrogen (secondary N) is 1. The normalized spacial score (nSPS) is 13.7. The lowest BCUT2D eigenvalue weighted by Crippen LogP contribution is -2.06. The van der Waals surface area contributed by atoms with Crippen LogP contribution in [0.1, 0.15) is 24.6 Å². The van der Waals surface area contributed by atoms with Crippen molar-refractivity contribution in [1.82, 2.24) is 9.97 Å². The monoisotopic (exact) mass is 323 g/mol. The van der Waals surface area contributed by atoms with E-state index in [1.807, 2.05) is 0 Å². The van der Waals surface area contributed by atoms with Gasteiger partial charge in [-0.2, -0.15) is 0 Å². The number of thiophene rings is 1. The first-order valence-electron chi connectivity index (χ1n) is 6.16. The summed E-state index contributed by atoms with van der Waals surface area (Å²) in [7, 11) is 0. The van der Waals surface area contributed by atoms with Gasteiger partial charge in [0.25, 0.3) is 0 Å². The lowest BCUT2D eigenvalue weighted by atomic mass is 10.2. The number of halogens is 1. The van der Waals surface area contributed by atoms with Crippen LogP contribution < -0.4 is 5.32 Å². The van der Waals surface area contributed by atoms with Crippen LogP contribution in [-0.4, -0.2) is 16.5 Å². The Morgan fingerprint density at radius 1 is 1.39 bits per heavy atom. The van der Waals surface area contributed by atoms with E-state index in [2.05, 4.69) is 44.6 Å². The summed E-state index contributed by atoms with van der Waals surface area (Å²) in [6.07, 6.45) is 3.38. The van der Waals surface area contributed by atoms with Crippen LogP contribution in [-0.2, 0) is 12.8 Å². The molecule has 2 aromatic rings. The van der Waals surface area contributed by atoms with Crippen LogP contribution in [0.2, 0.25) is 0 Å². The minimum absolute atomic E-state index is 0.849. The summed E-state index contributed by atoms with van der Waals surface area (Å²) in [5.74, 6) is 1.88. The number of aryl methyl sites for hydroxylation is 1. The fourth-order valence-electron chi connectivity index (χ4n) is 2.29. The second-order valence-corrected chi connectivity index (χ2v) is 6.16. The van der Waals surface area contributed by atoms with Gasteiger partial charge in [0, 0.05) is 27.7 Å². The van der Waals surface area contributed by atoms with Gasteiger partial charge >= 0.3 is 0 Å². The standard InChI is InChI=1S/C13H14BrN3S/c1-2-15-12-9-4-3-5-10(9)16-13(17-12)11-6-8(14)7-18-11/h6-7H,2-5H2,1H3,(H,15,16,17). The number of nitrogens with zero attached hydrogens (tertiary/aromatic N) is 2. The van der Waals surface area contributed by atoms with Crippen LogP contribution in [0, 0.1) is 0 Å². The molecule has 0 bridgehead atoms. The maximum Gasteiger partial charge on any atom is 0.171 e. The summed E-state index contributed by atoms with van der Waals surface area (Å²) < 4.78 is 1.09. The Hall–Kier alpha value is -0.940. The van der Waals surface area contributed by atoms with Crippen molar-refractivity contribution >= 4 is 33.1 Å². The predicted octanol–water partition coefficient (Wildman–Crippen LogP) is 3.89. The molecule has 0 amide bonds. The number of hydrogen-bond acceptors (Lipinski definition) is 4. The molecule has 0 fully saturated rings. The van der Waals surface area contributed by atoms with Crippen molar-refractivity contribution in [2.45, 2.75) is 26.2 Å². The molecule has 0 unspecified atom stereocenters. The molecule has 94 valence electrons. The topological polar surface area (TPSA) is 37.8 Å². The molecule has 5 heteroatoms. The van der Waals surface area contributed by atoms with Gasteiger partial charge in [0.05, 0.1) is 4.88 Å². The smallest absolute Gasteiger partial charge is 0.171 e. The zero-order valence-electron chi connectivity index (χ0n) is 10.2. The molecule has 0 aromatic carbocycles. The maximum atomic E-state index is 4.72. The molecule has 0 spiro atoms. The van der Waals surface area contributed by atoms with Gasteiger partial charge in [-0.3, -0.25) is 0 Å². The number of anilines is 1. The Morgan fingerprint density at radius 3 is 3.00 bits per heavy atom. The predicted molar refractivity (Wildman–Crippen MR) is 79.2 cm³/mol. The minimum atomic E-state index is 0.849. The summed E-state index contributed by atoms with van der Waals surface area (Å²) in [6, 6.07) is 2.08. The molecule has 0 saturated heterocycles. The lowest BCUT2D eigenvalue weighted by Gasteiger charge is -2.10. The molecule has 1 aliphatic carbocycles. The molecule has 3 rings (SSSR count). The lowest BCUT2D eigenvalue weighted by molar-refractivity contribution is 0.900. The summed E-state index contributed by atoms with van der Waals surface area (Å²) in [5.41, 5.74) is 2.54. The quantitative estimate of drug-likeness (QED) is 0.931. The number of hydrogen-bond donors (Lipinski definition) is 1. The van der Waals surface area contributed by atoms with E-state index in [4.69, 9.17) is 4.98 Å². The van der Waals surface area contributed by atoms with Crippen LogP contribution in [0.5, 0.6) is 0 Å². The fourth-order valence-corrected chi connectivity index (χ4v) is 3.65. The SMILES string of the molecule is CCNc1nc(-c2cc(Br)cs2)nc2c1CCC2. The number of aromatic nitrogens is 2. The summed E-state index contributed by atoms with van der Waals surface area (Å²) in [4.78, 5) is 10.5. The van der Waals surface area contributed by atoms with Crippen molar-refractivity contribution in [3.63, 3.8) is 0 Å². The van der Waals surface area contributed by atoms with Crippen LogP contribution >= 0.6 is 27.3 Å². The van der Waals surface area contributed by atoms with Gasteiger partial charge in [0.1, 0.15) is 5.82 Å².